The second kappa shape index (κ2) is 17.1. The van der Waals surface area contributed by atoms with Crippen LogP contribution in [0, 0.1) is 44.8 Å². The predicted molar refractivity (Wildman–Crippen MR) is 210 cm³/mol. The van der Waals surface area contributed by atoms with E-state index in [0.717, 1.165) is 44.9 Å². The van der Waals surface area contributed by atoms with Crippen LogP contribution in [0.3, 0.4) is 0 Å². The predicted octanol–water partition coefficient (Wildman–Crippen LogP) is 5.73. The third-order valence-corrected chi connectivity index (χ3v) is 15.0. The van der Waals surface area contributed by atoms with E-state index in [1.54, 1.807) is 0 Å². The normalized spacial score (nSPS) is 33.2. The van der Waals surface area contributed by atoms with Gasteiger partial charge in [-0.05, 0) is 79.4 Å². The molecule has 0 radical (unpaired) electrons. The molecule has 4 fully saturated rings. The Balaban J connectivity index is 0.886. The Labute approximate surface area is 337 Å². The molecule has 13 heteroatoms. The van der Waals surface area contributed by atoms with Crippen LogP contribution in [0.1, 0.15) is 112 Å². The van der Waals surface area contributed by atoms with Crippen LogP contribution in [-0.2, 0) is 38.1 Å². The molecule has 0 aliphatic heterocycles. The summed E-state index contributed by atoms with van der Waals surface area (Å²) in [6.45, 7) is 16.5. The van der Waals surface area contributed by atoms with Crippen LogP contribution in [0.5, 0.6) is 11.8 Å². The molecule has 4 saturated carbocycles. The number of amides is 1. The summed E-state index contributed by atoms with van der Waals surface area (Å²) in [5, 5.41) is 22.1. The molecule has 0 aromatic carbocycles. The van der Waals surface area contributed by atoms with E-state index in [-0.39, 0.29) is 70.8 Å². The summed E-state index contributed by atoms with van der Waals surface area (Å²) >= 11 is 0. The first-order chi connectivity index (χ1) is 27.0. The zero-order chi connectivity index (χ0) is 41.2. The van der Waals surface area contributed by atoms with Gasteiger partial charge in [-0.25, -0.2) is 4.79 Å². The zero-order valence-electron chi connectivity index (χ0n) is 35.0. The Morgan fingerprint density at radius 1 is 0.772 bits per heavy atom. The van der Waals surface area contributed by atoms with Gasteiger partial charge in [0, 0.05) is 42.9 Å². The van der Waals surface area contributed by atoms with Crippen molar-refractivity contribution < 1.29 is 53.2 Å². The number of ether oxygens (including phenoxy) is 4. The number of nitrogens with one attached hydrogen (secondary N) is 1. The fourth-order valence-electron chi connectivity index (χ4n) is 11.9. The van der Waals surface area contributed by atoms with Crippen molar-refractivity contribution in [3.63, 3.8) is 0 Å². The number of carbonyl (C=O) groups excluding carboxylic acids is 4. The Kier molecular flexibility index (Phi) is 13.0. The molecule has 5 aliphatic carbocycles. The third-order valence-electron chi connectivity index (χ3n) is 15.0. The number of allylic oxidation sites excluding steroid dienone is 2. The molecule has 7 atom stereocenters. The molecule has 1 aromatic rings. The van der Waals surface area contributed by atoms with E-state index in [1.165, 1.54) is 23.3 Å². The molecule has 0 spiro atoms. The molecule has 3 N–H and O–H groups in total. The minimum Gasteiger partial charge on any atom is -0.492 e. The Morgan fingerprint density at radius 2 is 1.39 bits per heavy atom. The highest BCUT2D eigenvalue weighted by Gasteiger charge is 2.66. The van der Waals surface area contributed by atoms with Gasteiger partial charge in [0.2, 0.25) is 17.7 Å². The second-order valence-corrected chi connectivity index (χ2v) is 19.0. The molecular formula is C44H66N2O11. The second-order valence-electron chi connectivity index (χ2n) is 19.0. The van der Waals surface area contributed by atoms with Crippen molar-refractivity contribution in [2.75, 3.05) is 59.4 Å². The van der Waals surface area contributed by atoms with E-state index in [9.17, 15) is 29.4 Å². The van der Waals surface area contributed by atoms with E-state index >= 15 is 0 Å². The maximum absolute atomic E-state index is 14.5. The number of Topliss-reactive ketones (excluding diaryl/α,β-unsaturated/α-hetero) is 2. The molecule has 1 amide bonds. The van der Waals surface area contributed by atoms with Crippen LogP contribution < -0.4 is 10.2 Å². The van der Waals surface area contributed by atoms with E-state index in [0.29, 0.717) is 87.7 Å². The fraction of sp³-hybridized carbons (Fsp3) is 0.773. The van der Waals surface area contributed by atoms with Gasteiger partial charge < -0.3 is 39.3 Å². The van der Waals surface area contributed by atoms with E-state index in [1.807, 2.05) is 0 Å². The highest BCUT2D eigenvalue weighted by atomic mass is 16.7. The monoisotopic (exact) mass is 798 g/mol. The van der Waals surface area contributed by atoms with Gasteiger partial charge in [0.25, 0.3) is 0 Å². The lowest BCUT2D eigenvalue weighted by atomic mass is 9.37. The van der Waals surface area contributed by atoms with Gasteiger partial charge in [-0.15, -0.1) is 4.73 Å². The lowest BCUT2D eigenvalue weighted by Crippen LogP contribution is -2.63. The van der Waals surface area contributed by atoms with E-state index in [2.05, 4.69) is 46.9 Å². The van der Waals surface area contributed by atoms with Crippen LogP contribution in [0.2, 0.25) is 0 Å². The number of ketones is 2. The number of nitrogens with zero attached hydrogens (tertiary/aromatic N) is 1. The Bertz CT molecular complexity index is 1680. The Hall–Kier alpha value is -3.26. The summed E-state index contributed by atoms with van der Waals surface area (Å²) in [5.74, 6) is -0.107. The highest BCUT2D eigenvalue weighted by Crippen LogP contribution is 2.70. The number of hydrogen-bond acceptors (Lipinski definition) is 11. The molecule has 57 heavy (non-hydrogen) atoms. The minimum atomic E-state index is -0.666. The van der Waals surface area contributed by atoms with Crippen molar-refractivity contribution in [1.82, 2.24) is 10.0 Å². The molecule has 0 saturated heterocycles. The summed E-state index contributed by atoms with van der Waals surface area (Å²) in [5.41, 5.74) is 1.54. The molecule has 318 valence electrons. The van der Waals surface area contributed by atoms with Gasteiger partial charge in [0.05, 0.1) is 64.7 Å². The lowest BCUT2D eigenvalue weighted by molar-refractivity contribution is -0.177. The van der Waals surface area contributed by atoms with Crippen molar-refractivity contribution in [3.8, 4) is 11.8 Å². The maximum Gasteiger partial charge on any atom is 0.335 e. The van der Waals surface area contributed by atoms with E-state index < -0.39 is 11.4 Å². The van der Waals surface area contributed by atoms with Crippen LogP contribution >= 0.6 is 0 Å². The Morgan fingerprint density at radius 3 is 2.04 bits per heavy atom. The van der Waals surface area contributed by atoms with Crippen LogP contribution in [-0.4, -0.2) is 97.8 Å². The average molecular weight is 799 g/mol. The summed E-state index contributed by atoms with van der Waals surface area (Å²) in [7, 11) is 0. The van der Waals surface area contributed by atoms with Gasteiger partial charge in [-0.3, -0.25) is 14.4 Å². The summed E-state index contributed by atoms with van der Waals surface area (Å²) in [4.78, 5) is 57.9. The van der Waals surface area contributed by atoms with Crippen LogP contribution in [0.4, 0.5) is 0 Å². The summed E-state index contributed by atoms with van der Waals surface area (Å²) in [6.07, 6.45) is 8.46. The SMILES string of the molecule is CC1(C)C(=O)CC[C@]2(C)[C@H]3C(=O)CC4=C5C[C@@](C)(C(=O)NCCOCCOCCOCCOCCC(=O)On6c(O)ccc6O)CC[C@]5(C)CCC4[C@]3(C)CC[C@@H]12. The quantitative estimate of drug-likeness (QED) is 0.130. The van der Waals surface area contributed by atoms with Crippen molar-refractivity contribution in [1.29, 1.82) is 0 Å². The van der Waals surface area contributed by atoms with Crippen LogP contribution in [0.25, 0.3) is 0 Å². The lowest BCUT2D eigenvalue weighted by Gasteiger charge is -2.66. The van der Waals surface area contributed by atoms with Crippen molar-refractivity contribution in [2.45, 2.75) is 112 Å². The number of aromatic hydroxyl groups is 2. The van der Waals surface area contributed by atoms with Gasteiger partial charge in [0.1, 0.15) is 11.6 Å². The first-order valence-corrected chi connectivity index (χ1v) is 21.1. The first-order valence-electron chi connectivity index (χ1n) is 21.1. The number of aromatic nitrogens is 1. The number of fused-ring (bicyclic) bond motifs is 6. The fourth-order valence-corrected chi connectivity index (χ4v) is 11.9. The van der Waals surface area contributed by atoms with Gasteiger partial charge >= 0.3 is 5.97 Å². The maximum atomic E-state index is 14.5. The molecular weight excluding hydrogens is 732 g/mol. The molecule has 1 unspecified atom stereocenters. The third kappa shape index (κ3) is 8.59. The van der Waals surface area contributed by atoms with Crippen LogP contribution in [0.15, 0.2) is 23.3 Å². The number of hydrogen-bond donors (Lipinski definition) is 3. The van der Waals surface area contributed by atoms with Gasteiger partial charge in [0.15, 0.2) is 0 Å². The molecule has 1 aromatic heterocycles. The highest BCUT2D eigenvalue weighted by molar-refractivity contribution is 5.90. The van der Waals surface area contributed by atoms with Crippen molar-refractivity contribution in [3.05, 3.63) is 23.3 Å². The molecule has 13 nitrogen and oxygen atoms in total. The van der Waals surface area contributed by atoms with E-state index in [4.69, 9.17) is 23.8 Å². The topological polar surface area (TPSA) is 172 Å². The summed E-state index contributed by atoms with van der Waals surface area (Å²) < 4.78 is 22.8. The molecule has 5 aliphatic rings. The smallest absolute Gasteiger partial charge is 0.335 e. The zero-order valence-corrected chi connectivity index (χ0v) is 35.0. The molecule has 6 rings (SSSR count). The van der Waals surface area contributed by atoms with Gasteiger partial charge in [-0.1, -0.05) is 52.7 Å². The number of carbonyl (C=O) groups is 4. The average Bonchev–Trinajstić information content (AvgIpc) is 3.47. The van der Waals surface area contributed by atoms with Gasteiger partial charge in [-0.2, -0.15) is 0 Å². The summed E-state index contributed by atoms with van der Waals surface area (Å²) in [6, 6.07) is 2.40. The first kappa shape index (κ1) is 43.3. The molecule has 0 bridgehead atoms. The van der Waals surface area contributed by atoms with Crippen molar-refractivity contribution in [2.24, 2.45) is 44.8 Å². The molecule has 1 heterocycles. The largest absolute Gasteiger partial charge is 0.492 e. The van der Waals surface area contributed by atoms with Crippen molar-refractivity contribution >= 4 is 23.4 Å². The minimum absolute atomic E-state index is 0.0254. The number of rotatable bonds is 17. The standard InChI is InChI=1S/C44H66N2O11/c1-40(2)33-10-14-43(5)30-9-13-41(3)16-17-42(4,28-31(41)29(30)27-32(47)38(43)44(33,6)15-11-34(40)48)39(52)45-18-20-54-22-24-56-26-25-55-23-21-53-19-12-37(51)57-46-35(49)7-8-36(46)50/h7-8,30,33,38,49-50H,9-28H2,1-6H3,(H,45,52)/t30?,33-,38-,41-,42-,43-,44-/m0/s1.